The maximum atomic E-state index is 13.1. The molecular weight excluding hydrogens is 560 g/mol. The third kappa shape index (κ3) is 5.18. The second-order valence-electron chi connectivity index (χ2n) is 9.27. The summed E-state index contributed by atoms with van der Waals surface area (Å²) >= 11 is 9.47. The number of hydrogen-bond donors (Lipinski definition) is 2. The van der Waals surface area contributed by atoms with Gasteiger partial charge in [-0.15, -0.1) is 0 Å². The number of rotatable bonds is 6. The Hall–Kier alpha value is -3.10. The minimum Gasteiger partial charge on any atom is -0.493 e. The molecule has 2 N–H and O–H groups in total. The summed E-state index contributed by atoms with van der Waals surface area (Å²) in [5.74, 6) is 0.0944. The van der Waals surface area contributed by atoms with Crippen LogP contribution in [0.25, 0.3) is 0 Å². The molecule has 3 aliphatic rings. The van der Waals surface area contributed by atoms with Crippen molar-refractivity contribution in [1.82, 2.24) is 5.32 Å². The minimum absolute atomic E-state index is 0.0676. The molecule has 0 bridgehead atoms. The molecule has 0 unspecified atom stereocenters. The summed E-state index contributed by atoms with van der Waals surface area (Å²) in [5, 5.41) is 6.76. The van der Waals surface area contributed by atoms with Gasteiger partial charge in [-0.3, -0.25) is 14.4 Å². The Morgan fingerprint density at radius 1 is 1.03 bits per heavy atom. The van der Waals surface area contributed by atoms with Crippen molar-refractivity contribution in [2.75, 3.05) is 19.0 Å². The predicted molar refractivity (Wildman–Crippen MR) is 144 cm³/mol. The third-order valence-electron chi connectivity index (χ3n) is 6.85. The number of carbonyl (C=O) groups is 3. The molecule has 0 spiro atoms. The number of amides is 1. The molecule has 0 fully saturated rings. The number of allylic oxidation sites excluding steroid dienone is 4. The van der Waals surface area contributed by atoms with Crippen molar-refractivity contribution in [2.24, 2.45) is 0 Å². The zero-order chi connectivity index (χ0) is 26.1. The van der Waals surface area contributed by atoms with E-state index in [1.165, 1.54) is 7.11 Å². The maximum Gasteiger partial charge on any atom is 0.262 e. The van der Waals surface area contributed by atoms with Crippen molar-refractivity contribution < 1.29 is 23.9 Å². The second-order valence-corrected chi connectivity index (χ2v) is 10.6. The first-order valence-corrected chi connectivity index (χ1v) is 13.4. The van der Waals surface area contributed by atoms with Crippen molar-refractivity contribution in [2.45, 2.75) is 44.4 Å². The second kappa shape index (κ2) is 10.7. The Morgan fingerprint density at radius 2 is 1.65 bits per heavy atom. The molecule has 2 aliphatic carbocycles. The van der Waals surface area contributed by atoms with Crippen LogP contribution in [0.3, 0.4) is 0 Å². The highest BCUT2D eigenvalue weighted by molar-refractivity contribution is 9.10. The van der Waals surface area contributed by atoms with Crippen LogP contribution in [0.5, 0.6) is 11.5 Å². The lowest BCUT2D eigenvalue weighted by molar-refractivity contribution is -0.118. The van der Waals surface area contributed by atoms with Gasteiger partial charge in [-0.1, -0.05) is 11.6 Å². The SMILES string of the molecule is COc1cc(C2C3=C(CCCC3=O)NC3=C2C(=O)CCC3)cc(Br)c1OCC(=O)Nc1ccc(Cl)cc1. The van der Waals surface area contributed by atoms with Crippen LogP contribution in [0.2, 0.25) is 5.02 Å². The van der Waals surface area contributed by atoms with Crippen LogP contribution in [-0.4, -0.2) is 31.2 Å². The zero-order valence-electron chi connectivity index (χ0n) is 20.3. The Kier molecular flexibility index (Phi) is 7.40. The van der Waals surface area contributed by atoms with E-state index in [1.54, 1.807) is 30.3 Å². The lowest BCUT2D eigenvalue weighted by atomic mass is 9.71. The number of Topliss-reactive ketones (excluding diaryl/α,β-unsaturated/α-hetero) is 2. The molecule has 37 heavy (non-hydrogen) atoms. The Bertz CT molecular complexity index is 1310. The quantitative estimate of drug-likeness (QED) is 0.443. The van der Waals surface area contributed by atoms with E-state index in [9.17, 15) is 14.4 Å². The molecule has 9 heteroatoms. The first kappa shape index (κ1) is 25.5. The van der Waals surface area contributed by atoms with Gasteiger partial charge in [0.25, 0.3) is 5.91 Å². The highest BCUT2D eigenvalue weighted by atomic mass is 79.9. The standard InChI is InChI=1S/C28H26BrClN2O5/c1-36-23-13-15(12-18(29)28(23)37-14-24(35)31-17-10-8-16(30)9-11-17)25-26-19(4-2-6-21(26)33)32-20-5-3-7-22(34)27(20)25/h8-13,25,32H,2-7,14H2,1H3,(H,31,35). The summed E-state index contributed by atoms with van der Waals surface area (Å²) in [6, 6.07) is 10.4. The van der Waals surface area contributed by atoms with E-state index in [0.717, 1.165) is 42.6 Å². The molecule has 1 heterocycles. The summed E-state index contributed by atoms with van der Waals surface area (Å²) in [7, 11) is 1.52. The normalized spacial score (nSPS) is 17.7. The van der Waals surface area contributed by atoms with Gasteiger partial charge in [0, 0.05) is 52.0 Å². The van der Waals surface area contributed by atoms with Crippen LogP contribution in [0, 0.1) is 0 Å². The molecule has 7 nitrogen and oxygen atoms in total. The summed E-state index contributed by atoms with van der Waals surface area (Å²) in [5.41, 5.74) is 4.56. The molecule has 2 aromatic carbocycles. The zero-order valence-corrected chi connectivity index (χ0v) is 22.6. The number of benzene rings is 2. The molecule has 1 aliphatic heterocycles. The number of methoxy groups -OCH3 is 1. The van der Waals surface area contributed by atoms with Gasteiger partial charge in [0.05, 0.1) is 11.6 Å². The van der Waals surface area contributed by atoms with E-state index in [0.29, 0.717) is 50.7 Å². The summed E-state index contributed by atoms with van der Waals surface area (Å²) in [6.45, 7) is -0.244. The number of ketones is 2. The fraction of sp³-hybridized carbons (Fsp3) is 0.321. The Labute approximate surface area is 228 Å². The van der Waals surface area contributed by atoms with E-state index in [1.807, 2.05) is 6.07 Å². The van der Waals surface area contributed by atoms with Crippen LogP contribution in [0.1, 0.15) is 50.0 Å². The van der Waals surface area contributed by atoms with Gasteiger partial charge in [0.15, 0.2) is 29.7 Å². The number of hydrogen-bond acceptors (Lipinski definition) is 6. The van der Waals surface area contributed by atoms with Gasteiger partial charge >= 0.3 is 0 Å². The fourth-order valence-electron chi connectivity index (χ4n) is 5.23. The number of dihydropyridines is 1. The van der Waals surface area contributed by atoms with Crippen LogP contribution in [-0.2, 0) is 14.4 Å². The van der Waals surface area contributed by atoms with Crippen molar-refractivity contribution in [3.8, 4) is 11.5 Å². The summed E-state index contributed by atoms with van der Waals surface area (Å²) < 4.78 is 12.0. The minimum atomic E-state index is -0.459. The van der Waals surface area contributed by atoms with Crippen molar-refractivity contribution in [3.63, 3.8) is 0 Å². The molecular formula is C28H26BrClN2O5. The number of carbonyl (C=O) groups excluding carboxylic acids is 3. The molecule has 0 saturated carbocycles. The first-order chi connectivity index (χ1) is 17.9. The molecule has 192 valence electrons. The van der Waals surface area contributed by atoms with Crippen molar-refractivity contribution >= 4 is 50.7 Å². The Morgan fingerprint density at radius 3 is 2.24 bits per heavy atom. The van der Waals surface area contributed by atoms with Crippen LogP contribution in [0.15, 0.2) is 63.4 Å². The summed E-state index contributed by atoms with van der Waals surface area (Å²) in [6.07, 6.45) is 4.10. The van der Waals surface area contributed by atoms with E-state index < -0.39 is 5.92 Å². The van der Waals surface area contributed by atoms with Crippen molar-refractivity contribution in [1.29, 1.82) is 0 Å². The first-order valence-electron chi connectivity index (χ1n) is 12.2. The molecule has 2 aromatic rings. The van der Waals surface area contributed by atoms with Crippen LogP contribution < -0.4 is 20.1 Å². The smallest absolute Gasteiger partial charge is 0.262 e. The number of halogens is 2. The lowest BCUT2D eigenvalue weighted by Gasteiger charge is -2.37. The third-order valence-corrected chi connectivity index (χ3v) is 7.69. The van der Waals surface area contributed by atoms with E-state index in [4.69, 9.17) is 21.1 Å². The largest absolute Gasteiger partial charge is 0.493 e. The van der Waals surface area contributed by atoms with Crippen LogP contribution >= 0.6 is 27.5 Å². The molecule has 5 rings (SSSR count). The highest BCUT2D eigenvalue weighted by Gasteiger charge is 2.40. The van der Waals surface area contributed by atoms with Gasteiger partial charge < -0.3 is 20.1 Å². The van der Waals surface area contributed by atoms with Gasteiger partial charge in [-0.05, 0) is 83.6 Å². The summed E-state index contributed by atoms with van der Waals surface area (Å²) in [4.78, 5) is 38.7. The van der Waals surface area contributed by atoms with Crippen LogP contribution in [0.4, 0.5) is 5.69 Å². The molecule has 0 atom stereocenters. The van der Waals surface area contributed by atoms with Gasteiger partial charge in [0.1, 0.15) is 0 Å². The topological polar surface area (TPSA) is 93.7 Å². The van der Waals surface area contributed by atoms with Gasteiger partial charge in [0.2, 0.25) is 0 Å². The van der Waals surface area contributed by atoms with E-state index in [-0.39, 0.29) is 24.1 Å². The predicted octanol–water partition coefficient (Wildman–Crippen LogP) is 5.83. The molecule has 0 saturated heterocycles. The highest BCUT2D eigenvalue weighted by Crippen LogP contribution is 2.48. The van der Waals surface area contributed by atoms with Gasteiger partial charge in [-0.25, -0.2) is 0 Å². The lowest BCUT2D eigenvalue weighted by Crippen LogP contribution is -2.36. The van der Waals surface area contributed by atoms with E-state index in [2.05, 4.69) is 26.6 Å². The molecule has 1 amide bonds. The average molecular weight is 586 g/mol. The van der Waals surface area contributed by atoms with Crippen molar-refractivity contribution in [3.05, 3.63) is 74.0 Å². The monoisotopic (exact) mass is 584 g/mol. The number of nitrogens with one attached hydrogen (secondary N) is 2. The number of ether oxygens (including phenoxy) is 2. The Balaban J connectivity index is 1.45. The number of anilines is 1. The molecule has 0 aromatic heterocycles. The van der Waals surface area contributed by atoms with Gasteiger partial charge in [-0.2, -0.15) is 0 Å². The maximum absolute atomic E-state index is 13.1. The van der Waals surface area contributed by atoms with E-state index >= 15 is 0 Å². The molecule has 0 radical (unpaired) electrons. The average Bonchev–Trinajstić information content (AvgIpc) is 2.88. The fourth-order valence-corrected chi connectivity index (χ4v) is 5.93.